The molecule has 0 spiro atoms. The molecule has 3 aromatic rings. The second-order valence-electron chi connectivity index (χ2n) is 6.01. The highest BCUT2D eigenvalue weighted by Crippen LogP contribution is 2.25. The molecule has 0 aliphatic heterocycles. The summed E-state index contributed by atoms with van der Waals surface area (Å²) in [5.74, 6) is -0.313. The number of para-hydroxylation sites is 1. The van der Waals surface area contributed by atoms with Crippen LogP contribution in [0.4, 0.5) is 5.69 Å². The third-order valence-electron chi connectivity index (χ3n) is 3.94. The zero-order valence-electron chi connectivity index (χ0n) is 14.8. The van der Waals surface area contributed by atoms with Crippen molar-refractivity contribution in [3.8, 4) is 0 Å². The van der Waals surface area contributed by atoms with E-state index < -0.39 is 10.0 Å². The van der Waals surface area contributed by atoms with Gasteiger partial charge in [-0.1, -0.05) is 42.5 Å². The van der Waals surface area contributed by atoms with Gasteiger partial charge in [-0.3, -0.25) is 9.52 Å². The monoisotopic (exact) mass is 400 g/mol. The Morgan fingerprint density at radius 3 is 2.37 bits per heavy atom. The van der Waals surface area contributed by atoms with Crippen LogP contribution in [0.5, 0.6) is 0 Å². The van der Waals surface area contributed by atoms with Gasteiger partial charge in [-0.05, 0) is 43.2 Å². The molecule has 140 valence electrons. The summed E-state index contributed by atoms with van der Waals surface area (Å²) in [6.45, 7) is 2.31. The topological polar surface area (TPSA) is 75.3 Å². The van der Waals surface area contributed by atoms with E-state index >= 15 is 0 Å². The fraction of sp³-hybridized carbons (Fsp3) is 0.150. The number of carbonyl (C=O) groups is 1. The molecule has 0 bridgehead atoms. The Bertz CT molecular complexity index is 1030. The largest absolute Gasteiger partial charge is 0.352 e. The fourth-order valence-corrected chi connectivity index (χ4v) is 4.94. The number of carbonyl (C=O) groups excluding carboxylic acids is 1. The minimum absolute atomic E-state index is 0.222. The Balaban J connectivity index is 1.70. The van der Waals surface area contributed by atoms with E-state index in [1.54, 1.807) is 36.4 Å². The van der Waals surface area contributed by atoms with Crippen LogP contribution in [0.25, 0.3) is 0 Å². The molecule has 7 heteroatoms. The van der Waals surface area contributed by atoms with Gasteiger partial charge in [-0.15, -0.1) is 11.3 Å². The number of hydrogen-bond acceptors (Lipinski definition) is 4. The molecule has 1 amide bonds. The van der Waals surface area contributed by atoms with Crippen molar-refractivity contribution in [2.24, 2.45) is 0 Å². The predicted octanol–water partition coefficient (Wildman–Crippen LogP) is 3.83. The van der Waals surface area contributed by atoms with Crippen molar-refractivity contribution in [3.63, 3.8) is 0 Å². The van der Waals surface area contributed by atoms with Gasteiger partial charge in [0.2, 0.25) is 0 Å². The van der Waals surface area contributed by atoms with Crippen LogP contribution in [-0.2, 0) is 16.4 Å². The summed E-state index contributed by atoms with van der Waals surface area (Å²) in [6, 6.07) is 19.7. The number of amides is 1. The molecule has 1 aromatic heterocycles. The minimum atomic E-state index is -3.72. The number of sulfonamides is 1. The molecular weight excluding hydrogens is 380 g/mol. The first-order valence-electron chi connectivity index (χ1n) is 8.46. The van der Waals surface area contributed by atoms with E-state index in [1.807, 2.05) is 37.3 Å². The lowest BCUT2D eigenvalue weighted by molar-refractivity contribution is 0.0955. The molecule has 27 heavy (non-hydrogen) atoms. The number of benzene rings is 2. The van der Waals surface area contributed by atoms with Crippen LogP contribution in [-0.4, -0.2) is 20.9 Å². The summed E-state index contributed by atoms with van der Waals surface area (Å²) in [5.41, 5.74) is 1.68. The highest BCUT2D eigenvalue weighted by atomic mass is 32.2. The second-order valence-corrected chi connectivity index (χ2v) is 9.20. The van der Waals surface area contributed by atoms with Crippen LogP contribution in [0.2, 0.25) is 0 Å². The molecule has 0 saturated heterocycles. The van der Waals surface area contributed by atoms with Crippen LogP contribution in [0.1, 0.15) is 20.8 Å². The van der Waals surface area contributed by atoms with Crippen LogP contribution in [0.15, 0.2) is 70.9 Å². The molecule has 0 aliphatic carbocycles. The van der Waals surface area contributed by atoms with Crippen LogP contribution < -0.4 is 10.0 Å². The molecule has 0 radical (unpaired) electrons. The minimum Gasteiger partial charge on any atom is -0.352 e. The van der Waals surface area contributed by atoms with Crippen molar-refractivity contribution in [1.29, 1.82) is 0 Å². The van der Waals surface area contributed by atoms with Gasteiger partial charge in [0.25, 0.3) is 15.9 Å². The van der Waals surface area contributed by atoms with E-state index in [0.717, 1.165) is 10.4 Å². The molecule has 0 aliphatic rings. The van der Waals surface area contributed by atoms with Crippen LogP contribution in [0.3, 0.4) is 0 Å². The summed E-state index contributed by atoms with van der Waals surface area (Å²) < 4.78 is 27.9. The third-order valence-corrected chi connectivity index (χ3v) is 6.80. The Morgan fingerprint density at radius 2 is 1.67 bits per heavy atom. The second kappa shape index (κ2) is 8.37. The Morgan fingerprint density at radius 1 is 0.963 bits per heavy atom. The van der Waals surface area contributed by atoms with E-state index in [1.165, 1.54) is 11.3 Å². The average Bonchev–Trinajstić information content (AvgIpc) is 3.10. The first-order valence-corrected chi connectivity index (χ1v) is 10.8. The molecule has 0 atom stereocenters. The molecular formula is C20H20N2O3S2. The van der Waals surface area contributed by atoms with Crippen molar-refractivity contribution >= 4 is 33.0 Å². The van der Waals surface area contributed by atoms with Crippen molar-refractivity contribution in [1.82, 2.24) is 5.32 Å². The van der Waals surface area contributed by atoms with Crippen molar-refractivity contribution in [2.45, 2.75) is 17.6 Å². The SMILES string of the molecule is Cc1ccc(S(=O)(=O)Nc2ccccc2C(=O)NCCc2ccccc2)s1. The molecule has 5 nitrogen and oxygen atoms in total. The summed E-state index contributed by atoms with van der Waals surface area (Å²) >= 11 is 1.19. The summed E-state index contributed by atoms with van der Waals surface area (Å²) in [5, 5.41) is 2.85. The van der Waals surface area contributed by atoms with E-state index in [0.29, 0.717) is 18.5 Å². The Labute approximate surface area is 163 Å². The maximum absolute atomic E-state index is 12.6. The van der Waals surface area contributed by atoms with Crippen LogP contribution in [0, 0.1) is 6.92 Å². The fourth-order valence-electron chi connectivity index (χ4n) is 2.58. The number of anilines is 1. The van der Waals surface area contributed by atoms with E-state index in [-0.39, 0.29) is 15.8 Å². The predicted molar refractivity (Wildman–Crippen MR) is 109 cm³/mol. The zero-order chi connectivity index (χ0) is 19.3. The lowest BCUT2D eigenvalue weighted by Crippen LogP contribution is -2.27. The third kappa shape index (κ3) is 4.96. The molecule has 1 heterocycles. The van der Waals surface area contributed by atoms with Crippen molar-refractivity contribution in [3.05, 3.63) is 82.7 Å². The maximum atomic E-state index is 12.6. The van der Waals surface area contributed by atoms with Gasteiger partial charge < -0.3 is 5.32 Å². The van der Waals surface area contributed by atoms with Crippen LogP contribution >= 0.6 is 11.3 Å². The molecule has 3 rings (SSSR count). The van der Waals surface area contributed by atoms with Gasteiger partial charge in [0.15, 0.2) is 0 Å². The standard InChI is InChI=1S/C20H20N2O3S2/c1-15-11-12-19(26-15)27(24,25)22-18-10-6-5-9-17(18)20(23)21-14-13-16-7-3-2-4-8-16/h2-12,22H,13-14H2,1H3,(H,21,23). The highest BCUT2D eigenvalue weighted by molar-refractivity contribution is 7.94. The lowest BCUT2D eigenvalue weighted by atomic mass is 10.1. The van der Waals surface area contributed by atoms with Crippen molar-refractivity contribution < 1.29 is 13.2 Å². The van der Waals surface area contributed by atoms with Gasteiger partial charge in [-0.2, -0.15) is 0 Å². The van der Waals surface area contributed by atoms with Gasteiger partial charge in [0.05, 0.1) is 11.3 Å². The Hall–Kier alpha value is -2.64. The number of thiophene rings is 1. The smallest absolute Gasteiger partial charge is 0.271 e. The average molecular weight is 401 g/mol. The summed E-state index contributed by atoms with van der Waals surface area (Å²) in [7, 11) is -3.72. The molecule has 0 saturated carbocycles. The molecule has 0 fully saturated rings. The van der Waals surface area contributed by atoms with Crippen molar-refractivity contribution in [2.75, 3.05) is 11.3 Å². The number of rotatable bonds is 7. The molecule has 2 aromatic carbocycles. The first-order chi connectivity index (χ1) is 13.0. The first kappa shape index (κ1) is 19.1. The number of nitrogens with one attached hydrogen (secondary N) is 2. The quantitative estimate of drug-likeness (QED) is 0.633. The maximum Gasteiger partial charge on any atom is 0.271 e. The number of aryl methyl sites for hydroxylation is 1. The summed E-state index contributed by atoms with van der Waals surface area (Å²) in [6.07, 6.45) is 0.703. The van der Waals surface area contributed by atoms with E-state index in [9.17, 15) is 13.2 Å². The van der Waals surface area contributed by atoms with Gasteiger partial charge in [-0.25, -0.2) is 8.42 Å². The molecule has 2 N–H and O–H groups in total. The van der Waals surface area contributed by atoms with E-state index in [2.05, 4.69) is 10.0 Å². The lowest BCUT2D eigenvalue weighted by Gasteiger charge is -2.12. The van der Waals surface area contributed by atoms with Gasteiger partial charge in [0.1, 0.15) is 4.21 Å². The highest BCUT2D eigenvalue weighted by Gasteiger charge is 2.19. The summed E-state index contributed by atoms with van der Waals surface area (Å²) in [4.78, 5) is 13.4. The zero-order valence-corrected chi connectivity index (χ0v) is 16.4. The van der Waals surface area contributed by atoms with E-state index in [4.69, 9.17) is 0 Å². The normalized spacial score (nSPS) is 11.1. The number of hydrogen-bond donors (Lipinski definition) is 2. The molecule has 0 unspecified atom stereocenters. The Kier molecular flexibility index (Phi) is 5.93. The van der Waals surface area contributed by atoms with Gasteiger partial charge >= 0.3 is 0 Å². The van der Waals surface area contributed by atoms with Gasteiger partial charge in [0, 0.05) is 11.4 Å².